The van der Waals surface area contributed by atoms with Crippen LogP contribution < -0.4 is 26.2 Å². The molecule has 184 valence electrons. The minimum absolute atomic E-state index is 0.0218. The lowest BCUT2D eigenvalue weighted by atomic mass is 10.0. The highest BCUT2D eigenvalue weighted by molar-refractivity contribution is 5.95. The van der Waals surface area contributed by atoms with E-state index in [4.69, 9.17) is 25.4 Å². The molecule has 0 spiro atoms. The van der Waals surface area contributed by atoms with Gasteiger partial charge in [0.05, 0.1) is 6.61 Å². The lowest BCUT2D eigenvalue weighted by Gasteiger charge is -2.24. The quantitative estimate of drug-likeness (QED) is 0.212. The number of aromatic nitrogens is 5. The first-order chi connectivity index (χ1) is 17.5. The van der Waals surface area contributed by atoms with Crippen LogP contribution in [0.15, 0.2) is 59.7 Å². The van der Waals surface area contributed by atoms with E-state index in [9.17, 15) is 9.18 Å². The summed E-state index contributed by atoms with van der Waals surface area (Å²) in [6, 6.07) is 11.2. The molecule has 0 radical (unpaired) electrons. The number of benzene rings is 2. The van der Waals surface area contributed by atoms with Crippen LogP contribution in [0.5, 0.6) is 11.5 Å². The van der Waals surface area contributed by atoms with Crippen LogP contribution in [0.2, 0.25) is 0 Å². The van der Waals surface area contributed by atoms with Crippen molar-refractivity contribution in [3.8, 4) is 17.4 Å². The van der Waals surface area contributed by atoms with Gasteiger partial charge in [0.2, 0.25) is 6.86 Å². The van der Waals surface area contributed by atoms with Crippen LogP contribution in [-0.4, -0.2) is 44.2 Å². The normalized spacial score (nSPS) is 13.4. The van der Waals surface area contributed by atoms with Crippen molar-refractivity contribution in [1.82, 2.24) is 24.7 Å². The van der Waals surface area contributed by atoms with Crippen molar-refractivity contribution in [1.29, 1.82) is 5.41 Å². The summed E-state index contributed by atoms with van der Waals surface area (Å²) < 4.78 is 30.3. The lowest BCUT2D eigenvalue weighted by Crippen LogP contribution is -2.18. The van der Waals surface area contributed by atoms with Crippen LogP contribution in [0.25, 0.3) is 5.95 Å². The number of nitrogens with two attached hydrogens (primary N) is 1. The summed E-state index contributed by atoms with van der Waals surface area (Å²) >= 11 is 0. The maximum Gasteiger partial charge on any atom is 0.350 e. The van der Waals surface area contributed by atoms with Gasteiger partial charge in [-0.05, 0) is 48.0 Å². The van der Waals surface area contributed by atoms with Gasteiger partial charge >= 0.3 is 5.69 Å². The molecule has 3 heterocycles. The number of hydrogen-bond donors (Lipinski definition) is 4. The van der Waals surface area contributed by atoms with Crippen LogP contribution in [-0.2, 0) is 11.3 Å². The predicted molar refractivity (Wildman–Crippen MR) is 126 cm³/mol. The number of ether oxygens (including phenoxy) is 3. The molecule has 0 saturated carbocycles. The molecule has 36 heavy (non-hydrogen) atoms. The fourth-order valence-corrected chi connectivity index (χ4v) is 3.77. The number of hydrogen-bond acceptors (Lipinski definition) is 9. The van der Waals surface area contributed by atoms with Crippen LogP contribution in [0.3, 0.4) is 0 Å². The minimum Gasteiger partial charge on any atom is -0.463 e. The summed E-state index contributed by atoms with van der Waals surface area (Å²) in [5, 5.41) is 15.3. The monoisotopic (exact) mass is 492 g/mol. The van der Waals surface area contributed by atoms with Crippen LogP contribution in [0, 0.1) is 5.41 Å². The molecule has 2 aromatic heterocycles. The Balaban J connectivity index is 1.61. The number of halogens is 1. The number of nitrogens with zero attached hydrogens (tertiary/aromatic N) is 4. The van der Waals surface area contributed by atoms with E-state index in [1.54, 1.807) is 42.5 Å². The van der Waals surface area contributed by atoms with E-state index in [0.29, 0.717) is 28.1 Å². The third kappa shape index (κ3) is 4.59. The highest BCUT2D eigenvalue weighted by Crippen LogP contribution is 2.39. The van der Waals surface area contributed by atoms with Gasteiger partial charge in [0, 0.05) is 29.2 Å². The topological polar surface area (TPSA) is 166 Å². The predicted octanol–water partition coefficient (Wildman–Crippen LogP) is 2.01. The number of nitrogen functional groups attached to an aromatic ring is 1. The number of H-pyrrole nitrogens is 1. The summed E-state index contributed by atoms with van der Waals surface area (Å²) in [7, 11) is 0. The molecule has 0 fully saturated rings. The average molecular weight is 492 g/mol. The van der Waals surface area contributed by atoms with Crippen molar-refractivity contribution in [3.05, 3.63) is 87.9 Å². The van der Waals surface area contributed by atoms with E-state index in [1.165, 1.54) is 12.4 Å². The number of alkyl halides is 1. The second-order valence-electron chi connectivity index (χ2n) is 7.72. The van der Waals surface area contributed by atoms with E-state index >= 15 is 0 Å². The zero-order chi connectivity index (χ0) is 25.1. The molecule has 5 rings (SSSR count). The molecule has 4 aromatic rings. The van der Waals surface area contributed by atoms with Gasteiger partial charge < -0.3 is 25.3 Å². The molecule has 12 nitrogen and oxygen atoms in total. The Labute approximate surface area is 203 Å². The standard InChI is InChI=1S/C23H21FN8O4/c24-11-35-17-9-14(8-15-10-34-12-36-19(15)17)18(29-16-4-2-13(3-5-16)20(25)26)21-30-23(33)32(31-21)22-27-6-1-7-28-22/h1-9,18,29H,10-12H2,(H3,25,26)(H,30,31,33). The highest BCUT2D eigenvalue weighted by atomic mass is 19.1. The molecule has 1 unspecified atom stereocenters. The van der Waals surface area contributed by atoms with Gasteiger partial charge in [-0.1, -0.05) is 0 Å². The van der Waals surface area contributed by atoms with Gasteiger partial charge in [-0.3, -0.25) is 10.4 Å². The molecule has 0 aliphatic carbocycles. The second kappa shape index (κ2) is 9.84. The largest absolute Gasteiger partial charge is 0.463 e. The zero-order valence-corrected chi connectivity index (χ0v) is 18.8. The molecular weight excluding hydrogens is 471 g/mol. The second-order valence-corrected chi connectivity index (χ2v) is 7.72. The first-order valence-electron chi connectivity index (χ1n) is 10.8. The Hall–Kier alpha value is -4.78. The maximum absolute atomic E-state index is 13.2. The Morgan fingerprint density at radius 1 is 1.28 bits per heavy atom. The third-order valence-electron chi connectivity index (χ3n) is 5.40. The van der Waals surface area contributed by atoms with E-state index in [0.717, 1.165) is 4.68 Å². The van der Waals surface area contributed by atoms with Crippen LogP contribution in [0.4, 0.5) is 10.1 Å². The molecular formula is C23H21FN8O4. The summed E-state index contributed by atoms with van der Waals surface area (Å²) in [4.78, 5) is 23.6. The van der Waals surface area contributed by atoms with Gasteiger partial charge in [0.25, 0.3) is 5.95 Å². The van der Waals surface area contributed by atoms with Gasteiger partial charge in [-0.25, -0.2) is 19.2 Å². The van der Waals surface area contributed by atoms with E-state index in [-0.39, 0.29) is 36.8 Å². The van der Waals surface area contributed by atoms with Crippen LogP contribution in [0.1, 0.15) is 28.6 Å². The fourth-order valence-electron chi connectivity index (χ4n) is 3.77. The van der Waals surface area contributed by atoms with E-state index in [2.05, 4.69) is 25.4 Å². The maximum atomic E-state index is 13.2. The molecule has 5 N–H and O–H groups in total. The Morgan fingerprint density at radius 2 is 2.06 bits per heavy atom. The Morgan fingerprint density at radius 3 is 2.78 bits per heavy atom. The van der Waals surface area contributed by atoms with Crippen molar-refractivity contribution in [2.24, 2.45) is 5.73 Å². The SMILES string of the molecule is N=C(N)c1ccc(NC(c2cc3c(c(OCF)c2)OCOC3)c2nn(-c3ncccn3)c(=O)[nH]2)cc1. The number of fused-ring (bicyclic) bond motifs is 1. The Bertz CT molecular complexity index is 1440. The van der Waals surface area contributed by atoms with Gasteiger partial charge in [0.1, 0.15) is 11.9 Å². The van der Waals surface area contributed by atoms with Crippen molar-refractivity contribution >= 4 is 11.5 Å². The van der Waals surface area contributed by atoms with Gasteiger partial charge in [-0.15, -0.1) is 9.78 Å². The average Bonchev–Trinajstić information content (AvgIpc) is 3.29. The molecule has 0 bridgehead atoms. The van der Waals surface area contributed by atoms with Crippen LogP contribution >= 0.6 is 0 Å². The van der Waals surface area contributed by atoms with E-state index < -0.39 is 18.6 Å². The fraction of sp³-hybridized carbons (Fsp3) is 0.174. The summed E-state index contributed by atoms with van der Waals surface area (Å²) in [5.74, 6) is 0.867. The zero-order valence-electron chi connectivity index (χ0n) is 18.8. The number of nitrogens with one attached hydrogen (secondary N) is 3. The van der Waals surface area contributed by atoms with Crippen molar-refractivity contribution in [2.75, 3.05) is 19.0 Å². The Kier molecular flexibility index (Phi) is 6.28. The molecule has 1 aliphatic rings. The highest BCUT2D eigenvalue weighted by Gasteiger charge is 2.26. The van der Waals surface area contributed by atoms with Gasteiger partial charge in [0.15, 0.2) is 24.1 Å². The van der Waals surface area contributed by atoms with E-state index in [1.807, 2.05) is 0 Å². The molecule has 0 amide bonds. The molecule has 0 saturated heterocycles. The summed E-state index contributed by atoms with van der Waals surface area (Å²) in [6.45, 7) is -0.801. The summed E-state index contributed by atoms with van der Waals surface area (Å²) in [6.07, 6.45) is 3.00. The van der Waals surface area contributed by atoms with Crippen molar-refractivity contribution in [3.63, 3.8) is 0 Å². The first-order valence-corrected chi connectivity index (χ1v) is 10.8. The van der Waals surface area contributed by atoms with Crippen molar-refractivity contribution < 1.29 is 18.6 Å². The molecule has 1 aliphatic heterocycles. The minimum atomic E-state index is -1.05. The third-order valence-corrected chi connectivity index (χ3v) is 5.40. The number of anilines is 1. The number of aromatic amines is 1. The molecule has 1 atom stereocenters. The van der Waals surface area contributed by atoms with Gasteiger partial charge in [-0.2, -0.15) is 0 Å². The molecule has 2 aromatic carbocycles. The molecule has 13 heteroatoms. The lowest BCUT2D eigenvalue weighted by molar-refractivity contribution is -0.0191. The number of rotatable bonds is 8. The van der Waals surface area contributed by atoms with Crippen molar-refractivity contribution in [2.45, 2.75) is 12.6 Å². The smallest absolute Gasteiger partial charge is 0.350 e. The number of amidine groups is 1. The first kappa shape index (κ1) is 23.0. The summed E-state index contributed by atoms with van der Waals surface area (Å²) in [5.41, 5.74) is 7.46.